The number of amides is 2. The first-order valence-corrected chi connectivity index (χ1v) is 4.45. The van der Waals surface area contributed by atoms with Gasteiger partial charge in [-0.1, -0.05) is 6.92 Å². The summed E-state index contributed by atoms with van der Waals surface area (Å²) in [6.07, 6.45) is -0.151. The van der Waals surface area contributed by atoms with Crippen molar-refractivity contribution in [2.45, 2.75) is 31.8 Å². The molecule has 0 spiro atoms. The van der Waals surface area contributed by atoms with Crippen LogP contribution in [0, 0.1) is 0 Å². The SMILES string of the molecule is CC[C@H](NC(=O)[C@@H](N)CC(=O)O)C(N)=O. The highest BCUT2D eigenvalue weighted by Crippen LogP contribution is 1.93. The third kappa shape index (κ3) is 4.96. The smallest absolute Gasteiger partial charge is 0.305 e. The Morgan fingerprint density at radius 2 is 1.93 bits per heavy atom. The normalized spacial score (nSPS) is 14.0. The summed E-state index contributed by atoms with van der Waals surface area (Å²) in [7, 11) is 0. The van der Waals surface area contributed by atoms with Crippen LogP contribution in [0.4, 0.5) is 0 Å². The molecule has 0 fully saturated rings. The maximum atomic E-state index is 11.2. The second-order valence-corrected chi connectivity index (χ2v) is 3.08. The van der Waals surface area contributed by atoms with Crippen molar-refractivity contribution >= 4 is 17.8 Å². The predicted molar refractivity (Wildman–Crippen MR) is 51.6 cm³/mol. The molecule has 7 heteroatoms. The zero-order valence-corrected chi connectivity index (χ0v) is 8.40. The molecule has 2 amide bonds. The van der Waals surface area contributed by atoms with Gasteiger partial charge in [0.25, 0.3) is 0 Å². The van der Waals surface area contributed by atoms with E-state index in [1.54, 1.807) is 6.92 Å². The quantitative estimate of drug-likeness (QED) is 0.415. The average Bonchev–Trinajstić information content (AvgIpc) is 2.11. The summed E-state index contributed by atoms with van der Waals surface area (Å²) in [4.78, 5) is 32.3. The molecule has 86 valence electrons. The van der Waals surface area contributed by atoms with Gasteiger partial charge in [-0.05, 0) is 6.42 Å². The standard InChI is InChI=1S/C8H15N3O4/c1-2-5(7(10)14)11-8(15)4(9)3-6(12)13/h4-5H,2-3,9H2,1H3,(H2,10,14)(H,11,15)(H,12,13)/t4-,5-/m0/s1. The fraction of sp³-hybridized carbons (Fsp3) is 0.625. The van der Waals surface area contributed by atoms with Crippen molar-refractivity contribution in [1.82, 2.24) is 5.32 Å². The number of nitrogens with one attached hydrogen (secondary N) is 1. The zero-order valence-electron chi connectivity index (χ0n) is 8.40. The van der Waals surface area contributed by atoms with Crippen LogP contribution in [-0.4, -0.2) is 35.0 Å². The summed E-state index contributed by atoms with van der Waals surface area (Å²) in [6, 6.07) is -1.98. The van der Waals surface area contributed by atoms with Gasteiger partial charge in [-0.3, -0.25) is 14.4 Å². The van der Waals surface area contributed by atoms with Crippen molar-refractivity contribution in [2.24, 2.45) is 11.5 Å². The number of hydrogen-bond donors (Lipinski definition) is 4. The van der Waals surface area contributed by atoms with Crippen LogP contribution in [0.1, 0.15) is 19.8 Å². The molecule has 15 heavy (non-hydrogen) atoms. The van der Waals surface area contributed by atoms with E-state index in [2.05, 4.69) is 5.32 Å². The fourth-order valence-corrected chi connectivity index (χ4v) is 0.934. The Morgan fingerprint density at radius 3 is 2.27 bits per heavy atom. The first-order chi connectivity index (χ1) is 6.88. The van der Waals surface area contributed by atoms with Gasteiger partial charge in [0.1, 0.15) is 6.04 Å². The van der Waals surface area contributed by atoms with Gasteiger partial charge in [0, 0.05) is 0 Å². The van der Waals surface area contributed by atoms with Crippen LogP contribution >= 0.6 is 0 Å². The van der Waals surface area contributed by atoms with E-state index in [9.17, 15) is 14.4 Å². The van der Waals surface area contributed by atoms with Gasteiger partial charge in [0.2, 0.25) is 11.8 Å². The Kier molecular flexibility index (Phi) is 5.32. The largest absolute Gasteiger partial charge is 0.481 e. The van der Waals surface area contributed by atoms with Crippen LogP contribution in [0.2, 0.25) is 0 Å². The molecule has 0 aromatic rings. The van der Waals surface area contributed by atoms with Gasteiger partial charge in [-0.15, -0.1) is 0 Å². The van der Waals surface area contributed by atoms with Crippen LogP contribution < -0.4 is 16.8 Å². The number of primary amides is 1. The van der Waals surface area contributed by atoms with Crippen LogP contribution in [-0.2, 0) is 14.4 Å². The second-order valence-electron chi connectivity index (χ2n) is 3.08. The first-order valence-electron chi connectivity index (χ1n) is 4.45. The molecule has 0 aliphatic rings. The minimum atomic E-state index is -1.18. The number of aliphatic carboxylic acids is 1. The van der Waals surface area contributed by atoms with Crippen molar-refractivity contribution in [2.75, 3.05) is 0 Å². The third-order valence-electron chi connectivity index (χ3n) is 1.80. The van der Waals surface area contributed by atoms with E-state index in [1.807, 2.05) is 0 Å². The van der Waals surface area contributed by atoms with Gasteiger partial charge in [0.15, 0.2) is 0 Å². The lowest BCUT2D eigenvalue weighted by atomic mass is 10.1. The number of hydrogen-bond acceptors (Lipinski definition) is 4. The number of carbonyl (C=O) groups excluding carboxylic acids is 2. The molecule has 0 bridgehead atoms. The van der Waals surface area contributed by atoms with Crippen LogP contribution in [0.25, 0.3) is 0 Å². The Balaban J connectivity index is 4.21. The second kappa shape index (κ2) is 5.97. The average molecular weight is 217 g/mol. The van der Waals surface area contributed by atoms with E-state index in [1.165, 1.54) is 0 Å². The van der Waals surface area contributed by atoms with Crippen molar-refractivity contribution < 1.29 is 19.5 Å². The van der Waals surface area contributed by atoms with Crippen molar-refractivity contribution in [3.63, 3.8) is 0 Å². The van der Waals surface area contributed by atoms with Gasteiger partial charge < -0.3 is 21.9 Å². The maximum Gasteiger partial charge on any atom is 0.305 e. The molecule has 0 rings (SSSR count). The molecule has 0 unspecified atom stereocenters. The molecule has 0 aromatic heterocycles. The summed E-state index contributed by atoms with van der Waals surface area (Å²) in [5.74, 6) is -2.54. The van der Waals surface area contributed by atoms with Crippen molar-refractivity contribution in [3.05, 3.63) is 0 Å². The molecule has 0 aliphatic carbocycles. The van der Waals surface area contributed by atoms with Gasteiger partial charge >= 0.3 is 5.97 Å². The van der Waals surface area contributed by atoms with E-state index in [0.29, 0.717) is 6.42 Å². The molecule has 0 heterocycles. The molecule has 0 aliphatic heterocycles. The summed E-state index contributed by atoms with van der Waals surface area (Å²) >= 11 is 0. The fourth-order valence-electron chi connectivity index (χ4n) is 0.934. The Hall–Kier alpha value is -1.63. The van der Waals surface area contributed by atoms with E-state index < -0.39 is 36.3 Å². The van der Waals surface area contributed by atoms with E-state index in [4.69, 9.17) is 16.6 Å². The number of carboxylic acid groups (broad SMARTS) is 1. The Labute approximate surface area is 86.8 Å². The summed E-state index contributed by atoms with van der Waals surface area (Å²) in [6.45, 7) is 1.67. The predicted octanol–water partition coefficient (Wildman–Crippen LogP) is -1.83. The van der Waals surface area contributed by atoms with Crippen molar-refractivity contribution in [1.29, 1.82) is 0 Å². The lowest BCUT2D eigenvalue weighted by Gasteiger charge is -2.15. The Morgan fingerprint density at radius 1 is 1.40 bits per heavy atom. The molecule has 7 nitrogen and oxygen atoms in total. The molecule has 0 aromatic carbocycles. The summed E-state index contributed by atoms with van der Waals surface area (Å²) in [5.41, 5.74) is 10.3. The third-order valence-corrected chi connectivity index (χ3v) is 1.80. The van der Waals surface area contributed by atoms with Gasteiger partial charge in [0.05, 0.1) is 12.5 Å². The highest BCUT2D eigenvalue weighted by Gasteiger charge is 2.21. The maximum absolute atomic E-state index is 11.2. The number of carboxylic acids is 1. The lowest BCUT2D eigenvalue weighted by Crippen LogP contribution is -2.50. The number of nitrogens with two attached hydrogens (primary N) is 2. The van der Waals surface area contributed by atoms with E-state index in [-0.39, 0.29) is 0 Å². The molecule has 0 saturated carbocycles. The highest BCUT2D eigenvalue weighted by atomic mass is 16.4. The molecule has 0 saturated heterocycles. The Bertz CT molecular complexity index is 267. The first kappa shape index (κ1) is 13.4. The van der Waals surface area contributed by atoms with Crippen LogP contribution in [0.3, 0.4) is 0 Å². The van der Waals surface area contributed by atoms with E-state index in [0.717, 1.165) is 0 Å². The van der Waals surface area contributed by atoms with Crippen LogP contribution in [0.5, 0.6) is 0 Å². The molecule has 2 atom stereocenters. The van der Waals surface area contributed by atoms with Gasteiger partial charge in [-0.2, -0.15) is 0 Å². The van der Waals surface area contributed by atoms with Gasteiger partial charge in [-0.25, -0.2) is 0 Å². The number of carbonyl (C=O) groups is 3. The topological polar surface area (TPSA) is 136 Å². The molecule has 6 N–H and O–H groups in total. The minimum Gasteiger partial charge on any atom is -0.481 e. The zero-order chi connectivity index (χ0) is 12.0. The lowest BCUT2D eigenvalue weighted by molar-refractivity contribution is -0.139. The molecule has 0 radical (unpaired) electrons. The highest BCUT2D eigenvalue weighted by molar-refractivity contribution is 5.90. The molecular formula is C8H15N3O4. The molecular weight excluding hydrogens is 202 g/mol. The van der Waals surface area contributed by atoms with E-state index >= 15 is 0 Å². The monoisotopic (exact) mass is 217 g/mol. The van der Waals surface area contributed by atoms with Crippen molar-refractivity contribution in [3.8, 4) is 0 Å². The summed E-state index contributed by atoms with van der Waals surface area (Å²) in [5, 5.41) is 10.7. The summed E-state index contributed by atoms with van der Waals surface area (Å²) < 4.78 is 0. The minimum absolute atomic E-state index is 0.334. The number of rotatable bonds is 6. The van der Waals surface area contributed by atoms with Crippen LogP contribution in [0.15, 0.2) is 0 Å².